The molecule has 0 N–H and O–H groups in total. The van der Waals surface area contributed by atoms with E-state index in [0.717, 1.165) is 52.1 Å². The third-order valence-electron chi connectivity index (χ3n) is 6.68. The number of benzene rings is 3. The van der Waals surface area contributed by atoms with Gasteiger partial charge in [0.05, 0.1) is 17.1 Å². The van der Waals surface area contributed by atoms with Gasteiger partial charge in [-0.05, 0) is 60.4 Å². The monoisotopic (exact) mass is 633 g/mol. The summed E-state index contributed by atoms with van der Waals surface area (Å²) in [5, 5.41) is 11.6. The van der Waals surface area contributed by atoms with E-state index in [1.54, 1.807) is 25.3 Å². The summed E-state index contributed by atoms with van der Waals surface area (Å²) in [6, 6.07) is 22.2. The molecule has 0 aliphatic carbocycles. The van der Waals surface area contributed by atoms with Gasteiger partial charge in [-0.25, -0.2) is 9.79 Å². The van der Waals surface area contributed by atoms with Gasteiger partial charge < -0.3 is 9.47 Å². The Kier molecular flexibility index (Phi) is 9.23. The number of nitro groups is 1. The van der Waals surface area contributed by atoms with Crippen molar-refractivity contribution in [1.29, 1.82) is 0 Å². The zero-order valence-corrected chi connectivity index (χ0v) is 24.8. The smallest absolute Gasteiger partial charge is 0.341 e. The molecule has 0 saturated heterocycles. The van der Waals surface area contributed by atoms with E-state index in [1.165, 1.54) is 29.0 Å². The van der Waals surface area contributed by atoms with Crippen LogP contribution < -0.4 is 4.74 Å². The number of nitrogens with zero attached hydrogens (tertiary/aromatic N) is 3. The van der Waals surface area contributed by atoms with Gasteiger partial charge in [-0.15, -0.1) is 11.3 Å². The molecule has 2 heterocycles. The van der Waals surface area contributed by atoms with E-state index in [2.05, 4.69) is 33.0 Å². The molecule has 1 aliphatic heterocycles. The zero-order chi connectivity index (χ0) is 28.8. The molecule has 0 fully saturated rings. The molecule has 0 spiro atoms. The molecule has 0 unspecified atom stereocenters. The minimum atomic E-state index is -0.429. The Morgan fingerprint density at radius 1 is 1.12 bits per heavy atom. The number of rotatable bonds is 10. The number of hydrogen-bond donors (Lipinski definition) is 0. The molecule has 1 aliphatic rings. The van der Waals surface area contributed by atoms with Crippen LogP contribution in [-0.2, 0) is 30.9 Å². The van der Waals surface area contributed by atoms with Gasteiger partial charge in [-0.3, -0.25) is 15.0 Å². The van der Waals surface area contributed by atoms with Crippen molar-refractivity contribution in [3.63, 3.8) is 0 Å². The van der Waals surface area contributed by atoms with Crippen LogP contribution in [0.5, 0.6) is 5.75 Å². The summed E-state index contributed by atoms with van der Waals surface area (Å²) in [4.78, 5) is 31.9. The van der Waals surface area contributed by atoms with Crippen LogP contribution in [0.3, 0.4) is 0 Å². The van der Waals surface area contributed by atoms with Gasteiger partial charge in [0, 0.05) is 52.9 Å². The molecule has 10 heteroatoms. The fraction of sp³-hybridized carbons (Fsp3) is 0.226. The number of carbonyl (C=O) groups excluding carboxylic acids is 1. The van der Waals surface area contributed by atoms with E-state index >= 15 is 0 Å². The van der Waals surface area contributed by atoms with Gasteiger partial charge in [0.25, 0.3) is 5.69 Å². The molecular weight excluding hydrogens is 606 g/mol. The lowest BCUT2D eigenvalue weighted by Gasteiger charge is -2.27. The Hall–Kier alpha value is -3.86. The third-order valence-corrected chi connectivity index (χ3v) is 8.30. The van der Waals surface area contributed by atoms with Crippen LogP contribution in [0.25, 0.3) is 0 Å². The van der Waals surface area contributed by atoms with Crippen molar-refractivity contribution >= 4 is 50.1 Å². The van der Waals surface area contributed by atoms with Crippen molar-refractivity contribution in [2.24, 2.45) is 4.99 Å². The van der Waals surface area contributed by atoms with Gasteiger partial charge in [-0.1, -0.05) is 46.3 Å². The molecule has 5 rings (SSSR count). The second kappa shape index (κ2) is 13.2. The van der Waals surface area contributed by atoms with E-state index in [1.807, 2.05) is 36.4 Å². The van der Waals surface area contributed by atoms with E-state index in [0.29, 0.717) is 22.9 Å². The first-order valence-electron chi connectivity index (χ1n) is 13.2. The SMILES string of the molecule is CCOC(=O)c1c(N=Cc2cc(Br)ccc2OCc2ccc([N+](=O)[O-])cc2)sc2c1CCN(Cc1ccccc1)C2. The maximum absolute atomic E-state index is 13.1. The maximum Gasteiger partial charge on any atom is 0.341 e. The average Bonchev–Trinajstić information content (AvgIpc) is 3.34. The number of esters is 1. The minimum Gasteiger partial charge on any atom is -0.488 e. The highest BCUT2D eigenvalue weighted by Gasteiger charge is 2.28. The number of thiophene rings is 1. The van der Waals surface area contributed by atoms with Crippen LogP contribution >= 0.6 is 27.3 Å². The fourth-order valence-corrected chi connectivity index (χ4v) is 6.28. The zero-order valence-electron chi connectivity index (χ0n) is 22.4. The highest BCUT2D eigenvalue weighted by Crippen LogP contribution is 2.40. The molecule has 4 aromatic rings. The Bertz CT molecular complexity index is 1570. The second-order valence-corrected chi connectivity index (χ2v) is 11.5. The second-order valence-electron chi connectivity index (χ2n) is 9.50. The molecule has 0 bridgehead atoms. The highest BCUT2D eigenvalue weighted by molar-refractivity contribution is 9.10. The Morgan fingerprint density at radius 3 is 2.63 bits per heavy atom. The predicted molar refractivity (Wildman–Crippen MR) is 163 cm³/mol. The summed E-state index contributed by atoms with van der Waals surface area (Å²) in [6.07, 6.45) is 2.46. The summed E-state index contributed by atoms with van der Waals surface area (Å²) in [7, 11) is 0. The predicted octanol–water partition coefficient (Wildman–Crippen LogP) is 7.48. The lowest BCUT2D eigenvalue weighted by molar-refractivity contribution is -0.384. The summed E-state index contributed by atoms with van der Waals surface area (Å²) in [6.45, 7) is 4.77. The summed E-state index contributed by atoms with van der Waals surface area (Å²) in [5.41, 5.74) is 4.39. The molecule has 0 amide bonds. The number of carbonyl (C=O) groups is 1. The Labute approximate surface area is 250 Å². The third kappa shape index (κ3) is 7.08. The number of ether oxygens (including phenoxy) is 2. The van der Waals surface area contributed by atoms with E-state index in [-0.39, 0.29) is 18.3 Å². The van der Waals surface area contributed by atoms with Gasteiger partial charge in [0.2, 0.25) is 0 Å². The molecule has 3 aromatic carbocycles. The molecule has 41 heavy (non-hydrogen) atoms. The van der Waals surface area contributed by atoms with Crippen LogP contribution in [0.15, 0.2) is 82.3 Å². The van der Waals surface area contributed by atoms with Gasteiger partial charge in [0.1, 0.15) is 17.4 Å². The quantitative estimate of drug-likeness (QED) is 0.0777. The highest BCUT2D eigenvalue weighted by atomic mass is 79.9. The number of fused-ring (bicyclic) bond motifs is 1. The van der Waals surface area contributed by atoms with Gasteiger partial charge in [-0.2, -0.15) is 0 Å². The van der Waals surface area contributed by atoms with Gasteiger partial charge >= 0.3 is 5.97 Å². The lowest BCUT2D eigenvalue weighted by atomic mass is 10.0. The Morgan fingerprint density at radius 2 is 1.90 bits per heavy atom. The van der Waals surface area contributed by atoms with Crippen molar-refractivity contribution in [3.8, 4) is 5.75 Å². The lowest BCUT2D eigenvalue weighted by Crippen LogP contribution is -2.29. The van der Waals surface area contributed by atoms with Crippen LogP contribution in [-0.4, -0.2) is 35.2 Å². The minimum absolute atomic E-state index is 0.0319. The first kappa shape index (κ1) is 28.7. The normalized spacial score (nSPS) is 13.2. The van der Waals surface area contributed by atoms with Crippen LogP contribution in [0, 0.1) is 10.1 Å². The fourth-order valence-electron chi connectivity index (χ4n) is 4.68. The number of non-ortho nitro benzene ring substituents is 1. The summed E-state index contributed by atoms with van der Waals surface area (Å²) in [5.74, 6) is 0.251. The summed E-state index contributed by atoms with van der Waals surface area (Å²) >= 11 is 5.05. The molecule has 0 atom stereocenters. The first-order chi connectivity index (χ1) is 19.9. The van der Waals surface area contributed by atoms with Crippen molar-refractivity contribution in [2.45, 2.75) is 33.0 Å². The molecule has 0 saturated carbocycles. The summed E-state index contributed by atoms with van der Waals surface area (Å²) < 4.78 is 12.3. The largest absolute Gasteiger partial charge is 0.488 e. The molecule has 1 aromatic heterocycles. The number of halogens is 1. The van der Waals surface area contributed by atoms with Crippen LogP contribution in [0.2, 0.25) is 0 Å². The molecule has 0 radical (unpaired) electrons. The molecular formula is C31H28BrN3O5S. The first-order valence-corrected chi connectivity index (χ1v) is 14.8. The Balaban J connectivity index is 1.38. The number of aliphatic imine (C=N–C) groups is 1. The standard InChI is InChI=1S/C31H28BrN3O5S/c1-2-39-31(36)29-26-14-15-34(18-21-6-4-3-5-7-21)19-28(26)41-30(29)33-17-23-16-24(32)10-13-27(23)40-20-22-8-11-25(12-9-22)35(37)38/h3-13,16-17H,2,14-15,18-20H2,1H3. The topological polar surface area (TPSA) is 94.3 Å². The van der Waals surface area contributed by atoms with E-state index in [4.69, 9.17) is 14.5 Å². The molecule has 8 nitrogen and oxygen atoms in total. The van der Waals surface area contributed by atoms with Crippen molar-refractivity contribution < 1.29 is 19.2 Å². The van der Waals surface area contributed by atoms with Crippen molar-refractivity contribution in [1.82, 2.24) is 4.90 Å². The number of nitro benzene ring substituents is 1. The average molecular weight is 635 g/mol. The van der Waals surface area contributed by atoms with Crippen molar-refractivity contribution in [2.75, 3.05) is 13.2 Å². The van der Waals surface area contributed by atoms with E-state index < -0.39 is 4.92 Å². The van der Waals surface area contributed by atoms with Gasteiger partial charge in [0.15, 0.2) is 0 Å². The van der Waals surface area contributed by atoms with E-state index in [9.17, 15) is 14.9 Å². The molecule has 210 valence electrons. The number of hydrogen-bond acceptors (Lipinski definition) is 8. The maximum atomic E-state index is 13.1. The van der Waals surface area contributed by atoms with Crippen molar-refractivity contribution in [3.05, 3.63) is 120 Å². The van der Waals surface area contributed by atoms with Crippen LogP contribution in [0.4, 0.5) is 10.7 Å². The van der Waals surface area contributed by atoms with Crippen LogP contribution in [0.1, 0.15) is 44.4 Å².